The molecule has 3 nitrogen and oxygen atoms in total. The van der Waals surface area contributed by atoms with Crippen LogP contribution in [0.2, 0.25) is 0 Å². The van der Waals surface area contributed by atoms with E-state index in [-0.39, 0.29) is 0 Å². The fourth-order valence-corrected chi connectivity index (χ4v) is 3.59. The van der Waals surface area contributed by atoms with Crippen LogP contribution in [0.1, 0.15) is 18.4 Å². The number of anilines is 2. The van der Waals surface area contributed by atoms with Crippen molar-refractivity contribution in [2.45, 2.75) is 19.3 Å². The van der Waals surface area contributed by atoms with Gasteiger partial charge in [-0.25, -0.2) is 4.98 Å². The van der Waals surface area contributed by atoms with Crippen molar-refractivity contribution in [2.24, 2.45) is 5.92 Å². The summed E-state index contributed by atoms with van der Waals surface area (Å²) >= 11 is 3.57. The molecule has 110 valence electrons. The number of rotatable bonds is 3. The van der Waals surface area contributed by atoms with Crippen molar-refractivity contribution in [2.75, 3.05) is 23.7 Å². The van der Waals surface area contributed by atoms with E-state index < -0.39 is 0 Å². The van der Waals surface area contributed by atoms with Crippen LogP contribution < -0.4 is 10.6 Å². The van der Waals surface area contributed by atoms with Gasteiger partial charge in [0.05, 0.1) is 16.4 Å². The highest BCUT2D eigenvalue weighted by Gasteiger charge is 2.21. The third kappa shape index (κ3) is 3.56. The number of halogens is 1. The quantitative estimate of drug-likeness (QED) is 0.917. The molecule has 4 heteroatoms. The van der Waals surface area contributed by atoms with Crippen molar-refractivity contribution in [1.82, 2.24) is 4.98 Å². The first-order valence-corrected chi connectivity index (χ1v) is 8.21. The number of nitrogens with two attached hydrogens (primary N) is 1. The molecular weight excluding hydrogens is 326 g/mol. The molecule has 2 N–H and O–H groups in total. The van der Waals surface area contributed by atoms with Crippen molar-refractivity contribution in [3.8, 4) is 0 Å². The molecule has 1 aromatic carbocycles. The first kappa shape index (κ1) is 14.4. The molecule has 3 rings (SSSR count). The smallest absolute Gasteiger partial charge is 0.143 e. The molecule has 0 atom stereocenters. The fraction of sp³-hybridized carbons (Fsp3) is 0.353. The number of nitrogen functional groups attached to an aromatic ring is 1. The van der Waals surface area contributed by atoms with Crippen molar-refractivity contribution in [3.05, 3.63) is 52.6 Å². The second-order valence-electron chi connectivity index (χ2n) is 5.69. The summed E-state index contributed by atoms with van der Waals surface area (Å²) in [5.74, 6) is 1.79. The molecule has 0 spiro atoms. The van der Waals surface area contributed by atoms with Crippen LogP contribution in [0.4, 0.5) is 11.5 Å². The first-order chi connectivity index (χ1) is 10.2. The maximum absolute atomic E-state index is 5.75. The molecule has 1 aromatic heterocycles. The van der Waals surface area contributed by atoms with E-state index >= 15 is 0 Å². The predicted octanol–water partition coefficient (Wildman–Crippen LogP) is 3.89. The average molecular weight is 346 g/mol. The lowest BCUT2D eigenvalue weighted by Crippen LogP contribution is -2.35. The van der Waals surface area contributed by atoms with E-state index in [1.165, 1.54) is 24.8 Å². The van der Waals surface area contributed by atoms with Crippen molar-refractivity contribution in [3.63, 3.8) is 0 Å². The molecule has 2 aromatic rings. The van der Waals surface area contributed by atoms with Gasteiger partial charge >= 0.3 is 0 Å². The largest absolute Gasteiger partial charge is 0.397 e. The van der Waals surface area contributed by atoms with E-state index in [0.29, 0.717) is 5.69 Å². The SMILES string of the molecule is Nc1cnc(N2CCC(Cc3ccccc3)CC2)c(Br)c1. The molecule has 1 fully saturated rings. The molecule has 1 saturated heterocycles. The number of nitrogens with zero attached hydrogens (tertiary/aromatic N) is 2. The van der Waals surface area contributed by atoms with Gasteiger partial charge in [0.25, 0.3) is 0 Å². The highest BCUT2D eigenvalue weighted by Crippen LogP contribution is 2.30. The van der Waals surface area contributed by atoms with Gasteiger partial charge in [-0.2, -0.15) is 0 Å². The third-order valence-electron chi connectivity index (χ3n) is 4.12. The number of hydrogen-bond donors (Lipinski definition) is 1. The lowest BCUT2D eigenvalue weighted by Gasteiger charge is -2.33. The Labute approximate surface area is 134 Å². The molecule has 1 aliphatic rings. The van der Waals surface area contributed by atoms with Crippen molar-refractivity contribution >= 4 is 27.4 Å². The summed E-state index contributed by atoms with van der Waals surface area (Å²) in [6.07, 6.45) is 5.35. The summed E-state index contributed by atoms with van der Waals surface area (Å²) in [5.41, 5.74) is 7.90. The zero-order valence-corrected chi connectivity index (χ0v) is 13.6. The topological polar surface area (TPSA) is 42.1 Å². The zero-order valence-electron chi connectivity index (χ0n) is 12.0. The third-order valence-corrected chi connectivity index (χ3v) is 4.71. The maximum Gasteiger partial charge on any atom is 0.143 e. The minimum absolute atomic E-state index is 0.699. The van der Waals surface area contributed by atoms with Gasteiger partial charge in [0.2, 0.25) is 0 Å². The Morgan fingerprint density at radius 3 is 2.57 bits per heavy atom. The summed E-state index contributed by atoms with van der Waals surface area (Å²) in [4.78, 5) is 6.82. The molecule has 0 radical (unpaired) electrons. The van der Waals surface area contributed by atoms with Crippen LogP contribution in [-0.2, 0) is 6.42 Å². The second kappa shape index (κ2) is 6.48. The first-order valence-electron chi connectivity index (χ1n) is 7.42. The van der Waals surface area contributed by atoms with Crippen LogP contribution in [-0.4, -0.2) is 18.1 Å². The van der Waals surface area contributed by atoms with Gasteiger partial charge in [0.1, 0.15) is 5.82 Å². The number of aromatic nitrogens is 1. The van der Waals surface area contributed by atoms with E-state index in [1.807, 2.05) is 6.07 Å². The molecule has 2 heterocycles. The maximum atomic E-state index is 5.75. The van der Waals surface area contributed by atoms with Crippen LogP contribution in [0.25, 0.3) is 0 Å². The van der Waals surface area contributed by atoms with E-state index in [4.69, 9.17) is 5.73 Å². The number of pyridine rings is 1. The lowest BCUT2D eigenvalue weighted by atomic mass is 9.90. The lowest BCUT2D eigenvalue weighted by molar-refractivity contribution is 0.402. The standard InChI is InChI=1S/C17H20BrN3/c18-16-11-15(19)12-20-17(16)21-8-6-14(7-9-21)10-13-4-2-1-3-5-13/h1-5,11-12,14H,6-10,19H2. The van der Waals surface area contributed by atoms with Crippen LogP contribution in [0, 0.1) is 5.92 Å². The van der Waals surface area contributed by atoms with Crippen molar-refractivity contribution in [1.29, 1.82) is 0 Å². The molecule has 0 saturated carbocycles. The summed E-state index contributed by atoms with van der Waals surface area (Å²) in [7, 11) is 0. The monoisotopic (exact) mass is 345 g/mol. The van der Waals surface area contributed by atoms with Crippen LogP contribution in [0.3, 0.4) is 0 Å². The zero-order chi connectivity index (χ0) is 14.7. The number of piperidine rings is 1. The molecule has 0 amide bonds. The Hall–Kier alpha value is -1.55. The van der Waals surface area contributed by atoms with E-state index in [2.05, 4.69) is 56.1 Å². The van der Waals surface area contributed by atoms with Gasteiger partial charge in [-0.15, -0.1) is 0 Å². The summed E-state index contributed by atoms with van der Waals surface area (Å²) in [6, 6.07) is 12.7. The molecule has 0 aliphatic carbocycles. The highest BCUT2D eigenvalue weighted by molar-refractivity contribution is 9.10. The van der Waals surface area contributed by atoms with Gasteiger partial charge in [-0.05, 0) is 52.7 Å². The van der Waals surface area contributed by atoms with Gasteiger partial charge in [0.15, 0.2) is 0 Å². The van der Waals surface area contributed by atoms with Crippen LogP contribution in [0.15, 0.2) is 47.1 Å². The van der Waals surface area contributed by atoms with Gasteiger partial charge < -0.3 is 10.6 Å². The average Bonchev–Trinajstić information content (AvgIpc) is 2.49. The number of hydrogen-bond acceptors (Lipinski definition) is 3. The van der Waals surface area contributed by atoms with Crippen LogP contribution in [0.5, 0.6) is 0 Å². The minimum Gasteiger partial charge on any atom is -0.397 e. The highest BCUT2D eigenvalue weighted by atomic mass is 79.9. The molecule has 0 unspecified atom stereocenters. The Balaban J connectivity index is 1.60. The molecule has 0 bridgehead atoms. The van der Waals surface area contributed by atoms with E-state index in [9.17, 15) is 0 Å². The van der Waals surface area contributed by atoms with Crippen LogP contribution >= 0.6 is 15.9 Å². The predicted molar refractivity (Wildman–Crippen MR) is 91.4 cm³/mol. The summed E-state index contributed by atoms with van der Waals surface area (Å²) < 4.78 is 0.990. The Bertz CT molecular complexity index is 592. The Morgan fingerprint density at radius 2 is 1.90 bits per heavy atom. The fourth-order valence-electron chi connectivity index (χ4n) is 2.97. The van der Waals surface area contributed by atoms with Gasteiger partial charge in [0, 0.05) is 13.1 Å². The van der Waals surface area contributed by atoms with Gasteiger partial charge in [-0.1, -0.05) is 30.3 Å². The summed E-state index contributed by atoms with van der Waals surface area (Å²) in [6.45, 7) is 2.13. The molecule has 1 aliphatic heterocycles. The second-order valence-corrected chi connectivity index (χ2v) is 6.55. The van der Waals surface area contributed by atoms with E-state index in [0.717, 1.165) is 29.3 Å². The van der Waals surface area contributed by atoms with Gasteiger partial charge in [-0.3, -0.25) is 0 Å². The molecule has 21 heavy (non-hydrogen) atoms. The van der Waals surface area contributed by atoms with E-state index in [1.54, 1.807) is 6.20 Å². The molecular formula is C17H20BrN3. The Kier molecular flexibility index (Phi) is 4.44. The minimum atomic E-state index is 0.699. The normalized spacial score (nSPS) is 16.1. The summed E-state index contributed by atoms with van der Waals surface area (Å²) in [5, 5.41) is 0. The number of benzene rings is 1. The van der Waals surface area contributed by atoms with Crippen molar-refractivity contribution < 1.29 is 0 Å². The Morgan fingerprint density at radius 1 is 1.19 bits per heavy atom.